The molecule has 0 fully saturated rings. The Kier molecular flexibility index (Phi) is 12.4. The molecule has 9 nitrogen and oxygen atoms in total. The van der Waals surface area contributed by atoms with Crippen molar-refractivity contribution in [2.24, 2.45) is 0 Å². The minimum absolute atomic E-state index is 0.134. The molecule has 2 amide bonds. The van der Waals surface area contributed by atoms with Gasteiger partial charge in [0.15, 0.2) is 0 Å². The van der Waals surface area contributed by atoms with E-state index in [1.165, 1.54) is 6.92 Å². The second-order valence-electron chi connectivity index (χ2n) is 11.1. The first-order chi connectivity index (χ1) is 22.7. The smallest absolute Gasteiger partial charge is 0.422 e. The Balaban J connectivity index is 1.76. The van der Waals surface area contributed by atoms with E-state index in [9.17, 15) is 19.5 Å². The third-order valence-corrected chi connectivity index (χ3v) is 7.97. The number of carbonyl (C=O) groups excluding carboxylic acids is 2. The van der Waals surface area contributed by atoms with Gasteiger partial charge >= 0.3 is 6.09 Å². The highest BCUT2D eigenvalue weighted by Gasteiger charge is 2.46. The maximum absolute atomic E-state index is 14.4. The highest BCUT2D eigenvalue weighted by molar-refractivity contribution is 5.96. The van der Waals surface area contributed by atoms with E-state index in [1.54, 1.807) is 13.8 Å². The second kappa shape index (κ2) is 16.6. The second-order valence-corrected chi connectivity index (χ2v) is 11.1. The van der Waals surface area contributed by atoms with Gasteiger partial charge in [0.1, 0.15) is 11.6 Å². The van der Waals surface area contributed by atoms with E-state index in [4.69, 9.17) is 9.47 Å². The van der Waals surface area contributed by atoms with Crippen LogP contribution in [0.4, 0.5) is 4.79 Å². The molecule has 47 heavy (non-hydrogen) atoms. The Hall–Kier alpha value is -4.83. The van der Waals surface area contributed by atoms with Crippen LogP contribution in [-0.4, -0.2) is 59.5 Å². The quantitative estimate of drug-likeness (QED) is 0.0746. The van der Waals surface area contributed by atoms with E-state index in [-0.39, 0.29) is 19.8 Å². The monoisotopic (exact) mass is 637 g/mol. The minimum Gasteiger partial charge on any atom is -0.464 e. The van der Waals surface area contributed by atoms with Crippen LogP contribution >= 0.6 is 0 Å². The molecule has 0 aliphatic carbocycles. The lowest BCUT2D eigenvalue weighted by Crippen LogP contribution is -2.60. The van der Waals surface area contributed by atoms with Gasteiger partial charge in [-0.05, 0) is 49.4 Å². The Morgan fingerprint density at radius 2 is 1.15 bits per heavy atom. The van der Waals surface area contributed by atoms with E-state index < -0.39 is 41.6 Å². The predicted octanol–water partition coefficient (Wildman–Crippen LogP) is 5.94. The summed E-state index contributed by atoms with van der Waals surface area (Å²) in [7, 11) is 0. The number of carbonyl (C=O) groups is 3. The number of Topliss-reactive ketones (excluding diaryl/α,β-unsaturated/α-hetero) is 1. The average molecular weight is 638 g/mol. The third-order valence-electron chi connectivity index (χ3n) is 7.97. The van der Waals surface area contributed by atoms with E-state index in [2.05, 4.69) is 10.7 Å². The number of hydrogen-bond donors (Lipinski definition) is 3. The number of ether oxygens (including phenoxy) is 2. The van der Waals surface area contributed by atoms with Crippen LogP contribution in [-0.2, 0) is 31.0 Å². The molecule has 1 unspecified atom stereocenters. The number of amides is 2. The molecule has 0 aromatic heterocycles. The van der Waals surface area contributed by atoms with Crippen molar-refractivity contribution < 1.29 is 29.0 Å². The molecule has 3 N–H and O–H groups in total. The maximum atomic E-state index is 14.4. The molecule has 4 rings (SSSR count). The summed E-state index contributed by atoms with van der Waals surface area (Å²) in [6, 6.07) is 36.7. The Bertz CT molecular complexity index is 1470. The summed E-state index contributed by atoms with van der Waals surface area (Å²) in [5.74, 6) is -3.04. The molecule has 0 aliphatic rings. The molecule has 9 heteroatoms. The Morgan fingerprint density at radius 3 is 1.55 bits per heavy atom. The fraction of sp³-hybridized carbons (Fsp3) is 0.289. The number of carboxylic acid groups (broad SMARTS) is 1. The van der Waals surface area contributed by atoms with Crippen LogP contribution in [0.25, 0.3) is 0 Å². The molecule has 4 aromatic rings. The van der Waals surface area contributed by atoms with Gasteiger partial charge in [0.2, 0.25) is 17.5 Å². The van der Waals surface area contributed by atoms with Crippen LogP contribution in [0.1, 0.15) is 49.4 Å². The molecule has 0 saturated heterocycles. The first-order valence-corrected chi connectivity index (χ1v) is 15.8. The Labute approximate surface area is 276 Å². The molecule has 0 bridgehead atoms. The average Bonchev–Trinajstić information content (AvgIpc) is 3.09. The van der Waals surface area contributed by atoms with Crippen LogP contribution in [0.3, 0.4) is 0 Å². The minimum atomic E-state index is -1.79. The summed E-state index contributed by atoms with van der Waals surface area (Å²) in [6.45, 7) is 5.35. The standard InChI is InChI=1S/C38H43N3O6/c1-4-46-37(3,47-5-2)35(43)33(41(36(44)45)39-27-26-29-18-10-6-11-19-29)28-34(42)40-38(30-20-12-7-13-21-30,31-22-14-8-15-23-31)32-24-16-9-17-25-32/h6-25,33,39H,4-5,26-28H2,1-3H3,(H,40,42)(H,44,45). The zero-order valence-electron chi connectivity index (χ0n) is 27.1. The molecule has 0 heterocycles. The fourth-order valence-electron chi connectivity index (χ4n) is 5.83. The molecule has 4 aromatic carbocycles. The van der Waals surface area contributed by atoms with Gasteiger partial charge in [-0.2, -0.15) is 0 Å². The maximum Gasteiger partial charge on any atom is 0.422 e. The van der Waals surface area contributed by atoms with Gasteiger partial charge in [-0.15, -0.1) is 0 Å². The van der Waals surface area contributed by atoms with Crippen molar-refractivity contribution in [3.63, 3.8) is 0 Å². The van der Waals surface area contributed by atoms with Crippen molar-refractivity contribution in [1.29, 1.82) is 0 Å². The summed E-state index contributed by atoms with van der Waals surface area (Å²) >= 11 is 0. The van der Waals surface area contributed by atoms with Gasteiger partial charge in [0.05, 0.1) is 6.42 Å². The summed E-state index contributed by atoms with van der Waals surface area (Å²) in [5.41, 5.74) is 5.08. The largest absolute Gasteiger partial charge is 0.464 e. The number of rotatable bonds is 17. The van der Waals surface area contributed by atoms with Crippen LogP contribution in [0.2, 0.25) is 0 Å². The summed E-state index contributed by atoms with van der Waals surface area (Å²) in [5, 5.41) is 14.4. The number of benzene rings is 4. The highest BCUT2D eigenvalue weighted by atomic mass is 16.7. The normalized spacial score (nSPS) is 12.2. The molecule has 0 aliphatic heterocycles. The number of nitrogens with zero attached hydrogens (tertiary/aromatic N) is 1. The van der Waals surface area contributed by atoms with Crippen LogP contribution < -0.4 is 10.7 Å². The number of nitrogens with one attached hydrogen (secondary N) is 2. The molecule has 246 valence electrons. The SMILES string of the molecule is CCOC(C)(OCC)C(=O)C(CC(=O)NC(c1ccccc1)(c1ccccc1)c1ccccc1)N(NCCc1ccccc1)C(=O)O. The molecule has 0 radical (unpaired) electrons. The van der Waals surface area contributed by atoms with Crippen molar-refractivity contribution in [3.8, 4) is 0 Å². The van der Waals surface area contributed by atoms with Gasteiger partial charge in [0.25, 0.3) is 0 Å². The fourth-order valence-corrected chi connectivity index (χ4v) is 5.83. The van der Waals surface area contributed by atoms with E-state index in [1.807, 2.05) is 121 Å². The van der Waals surface area contributed by atoms with Crippen molar-refractivity contribution in [1.82, 2.24) is 15.8 Å². The van der Waals surface area contributed by atoms with Crippen LogP contribution in [0.5, 0.6) is 0 Å². The highest BCUT2D eigenvalue weighted by Crippen LogP contribution is 2.37. The van der Waals surface area contributed by atoms with Crippen LogP contribution in [0.15, 0.2) is 121 Å². The molecule has 0 saturated carbocycles. The van der Waals surface area contributed by atoms with Gasteiger partial charge in [-0.3, -0.25) is 9.59 Å². The molecular formula is C38H43N3O6. The summed E-state index contributed by atoms with van der Waals surface area (Å²) in [6.07, 6.45) is -1.43. The zero-order valence-corrected chi connectivity index (χ0v) is 27.1. The number of hydrazine groups is 1. The summed E-state index contributed by atoms with van der Waals surface area (Å²) in [4.78, 5) is 41.4. The third kappa shape index (κ3) is 8.51. The van der Waals surface area contributed by atoms with E-state index in [0.29, 0.717) is 6.42 Å². The lowest BCUT2D eigenvalue weighted by Gasteiger charge is -2.39. The lowest BCUT2D eigenvalue weighted by atomic mass is 9.76. The van der Waals surface area contributed by atoms with Gasteiger partial charge in [0, 0.05) is 19.8 Å². The number of hydrogen-bond acceptors (Lipinski definition) is 6. The molecule has 1 atom stereocenters. The van der Waals surface area contributed by atoms with Crippen molar-refractivity contribution in [2.45, 2.75) is 51.0 Å². The van der Waals surface area contributed by atoms with Crippen molar-refractivity contribution in [2.75, 3.05) is 19.8 Å². The first-order valence-electron chi connectivity index (χ1n) is 15.8. The van der Waals surface area contributed by atoms with Gasteiger partial charge < -0.3 is 19.9 Å². The zero-order chi connectivity index (χ0) is 33.7. The van der Waals surface area contributed by atoms with E-state index >= 15 is 0 Å². The van der Waals surface area contributed by atoms with Gasteiger partial charge in [-0.1, -0.05) is 121 Å². The molecule has 0 spiro atoms. The van der Waals surface area contributed by atoms with E-state index in [0.717, 1.165) is 27.3 Å². The van der Waals surface area contributed by atoms with Crippen LogP contribution in [0, 0.1) is 0 Å². The number of ketones is 1. The van der Waals surface area contributed by atoms with Crippen molar-refractivity contribution >= 4 is 17.8 Å². The van der Waals surface area contributed by atoms with Gasteiger partial charge in [-0.25, -0.2) is 15.2 Å². The van der Waals surface area contributed by atoms with Crippen molar-refractivity contribution in [3.05, 3.63) is 144 Å². The Morgan fingerprint density at radius 1 is 0.723 bits per heavy atom. The lowest BCUT2D eigenvalue weighted by molar-refractivity contribution is -0.221. The topological polar surface area (TPSA) is 117 Å². The summed E-state index contributed by atoms with van der Waals surface area (Å²) < 4.78 is 11.5. The first kappa shape index (κ1) is 35.0. The predicted molar refractivity (Wildman–Crippen MR) is 180 cm³/mol. The molecular weight excluding hydrogens is 594 g/mol.